The number of nitrogens with one attached hydrogen (secondary N) is 1. The molecule has 0 fully saturated rings. The van der Waals surface area contributed by atoms with Crippen molar-refractivity contribution in [2.45, 2.75) is 40.2 Å². The molecule has 1 amide bonds. The second-order valence-corrected chi connectivity index (χ2v) is 6.95. The zero-order valence-electron chi connectivity index (χ0n) is 13.2. The van der Waals surface area contributed by atoms with Gasteiger partial charge in [0.25, 0.3) is 0 Å². The van der Waals surface area contributed by atoms with Crippen LogP contribution in [0.3, 0.4) is 0 Å². The van der Waals surface area contributed by atoms with E-state index in [-0.39, 0.29) is 35.7 Å². The minimum atomic E-state index is -0.176. The lowest BCUT2D eigenvalue weighted by molar-refractivity contribution is -0.125. The highest BCUT2D eigenvalue weighted by Gasteiger charge is 2.23. The number of benzene rings is 1. The summed E-state index contributed by atoms with van der Waals surface area (Å²) in [6.45, 7) is 8.68. The van der Waals surface area contributed by atoms with Crippen molar-refractivity contribution in [1.29, 1.82) is 0 Å². The molecule has 1 aromatic carbocycles. The lowest BCUT2D eigenvalue weighted by Gasteiger charge is -2.28. The number of halogens is 2. The lowest BCUT2D eigenvalue weighted by Crippen LogP contribution is -2.37. The van der Waals surface area contributed by atoms with E-state index in [1.807, 2.05) is 31.2 Å². The molecule has 0 aliphatic rings. The van der Waals surface area contributed by atoms with E-state index in [0.29, 0.717) is 11.6 Å². The van der Waals surface area contributed by atoms with Crippen LogP contribution in [-0.4, -0.2) is 12.5 Å². The monoisotopic (exact) mass is 332 g/mol. The Hall–Kier alpha value is -0.770. The van der Waals surface area contributed by atoms with Gasteiger partial charge < -0.3 is 11.1 Å². The highest BCUT2D eigenvalue weighted by molar-refractivity contribution is 6.30. The Kier molecular flexibility index (Phi) is 8.30. The fourth-order valence-corrected chi connectivity index (χ4v) is 2.11. The smallest absolute Gasteiger partial charge is 0.224 e. The first-order valence-corrected chi connectivity index (χ1v) is 7.36. The Bertz CT molecular complexity index is 441. The van der Waals surface area contributed by atoms with Crippen molar-refractivity contribution < 1.29 is 4.79 Å². The summed E-state index contributed by atoms with van der Waals surface area (Å²) in [4.78, 5) is 12.1. The van der Waals surface area contributed by atoms with E-state index in [4.69, 9.17) is 17.3 Å². The van der Waals surface area contributed by atoms with E-state index in [2.05, 4.69) is 26.1 Å². The zero-order valence-corrected chi connectivity index (χ0v) is 14.7. The molecule has 0 aliphatic heterocycles. The van der Waals surface area contributed by atoms with E-state index in [0.717, 1.165) is 12.0 Å². The van der Waals surface area contributed by atoms with Crippen molar-refractivity contribution in [3.63, 3.8) is 0 Å². The van der Waals surface area contributed by atoms with Crippen LogP contribution in [0.15, 0.2) is 24.3 Å². The second kappa shape index (κ2) is 8.62. The van der Waals surface area contributed by atoms with Gasteiger partial charge in [0.05, 0.1) is 6.04 Å². The number of hydrogen-bond acceptors (Lipinski definition) is 2. The molecule has 2 atom stereocenters. The fourth-order valence-electron chi connectivity index (χ4n) is 1.98. The molecule has 21 heavy (non-hydrogen) atoms. The Morgan fingerprint density at radius 2 is 1.81 bits per heavy atom. The van der Waals surface area contributed by atoms with Gasteiger partial charge in [0, 0.05) is 17.5 Å². The van der Waals surface area contributed by atoms with Gasteiger partial charge in [-0.2, -0.15) is 0 Å². The molecular formula is C16H26Cl2N2O. The summed E-state index contributed by atoms with van der Waals surface area (Å²) >= 11 is 5.92. The fraction of sp³-hybridized carbons (Fsp3) is 0.562. The molecule has 0 spiro atoms. The molecule has 3 nitrogen and oxygen atoms in total. The first kappa shape index (κ1) is 20.2. The van der Waals surface area contributed by atoms with Gasteiger partial charge in [-0.25, -0.2) is 0 Å². The van der Waals surface area contributed by atoms with Gasteiger partial charge in [-0.15, -0.1) is 12.4 Å². The average molecular weight is 333 g/mol. The SMILES string of the molecule is CC(CN)C(=O)NC(CC(C)(C)C)c1ccc(Cl)cc1.Cl. The molecule has 0 aliphatic carbocycles. The maximum Gasteiger partial charge on any atom is 0.224 e. The highest BCUT2D eigenvalue weighted by atomic mass is 35.5. The molecule has 1 aromatic rings. The Morgan fingerprint density at radius 1 is 1.29 bits per heavy atom. The minimum Gasteiger partial charge on any atom is -0.349 e. The van der Waals surface area contributed by atoms with Gasteiger partial charge in [-0.3, -0.25) is 4.79 Å². The number of carbonyl (C=O) groups excluding carboxylic acids is 1. The van der Waals surface area contributed by atoms with Gasteiger partial charge in [0.2, 0.25) is 5.91 Å². The van der Waals surface area contributed by atoms with Crippen LogP contribution in [0.4, 0.5) is 0 Å². The third-order valence-corrected chi connectivity index (χ3v) is 3.46. The van der Waals surface area contributed by atoms with Gasteiger partial charge in [0.15, 0.2) is 0 Å². The van der Waals surface area contributed by atoms with Crippen molar-refractivity contribution in [1.82, 2.24) is 5.32 Å². The zero-order chi connectivity index (χ0) is 15.3. The third-order valence-electron chi connectivity index (χ3n) is 3.21. The summed E-state index contributed by atoms with van der Waals surface area (Å²) in [7, 11) is 0. The molecule has 0 heterocycles. The first-order valence-electron chi connectivity index (χ1n) is 6.99. The summed E-state index contributed by atoms with van der Waals surface area (Å²) in [5.74, 6) is -0.179. The highest BCUT2D eigenvalue weighted by Crippen LogP contribution is 2.30. The second-order valence-electron chi connectivity index (χ2n) is 6.51. The summed E-state index contributed by atoms with van der Waals surface area (Å²) in [6, 6.07) is 7.61. The van der Waals surface area contributed by atoms with Crippen molar-refractivity contribution in [3.8, 4) is 0 Å². The number of rotatable bonds is 5. The van der Waals surface area contributed by atoms with Gasteiger partial charge in [0.1, 0.15) is 0 Å². The Balaban J connectivity index is 0.00000400. The Morgan fingerprint density at radius 3 is 2.24 bits per heavy atom. The predicted octanol–water partition coefficient (Wildman–Crippen LogP) is 3.95. The lowest BCUT2D eigenvalue weighted by atomic mass is 9.85. The molecule has 5 heteroatoms. The topological polar surface area (TPSA) is 55.1 Å². The normalized spacial score (nSPS) is 14.0. The van der Waals surface area contributed by atoms with Crippen LogP contribution >= 0.6 is 24.0 Å². The van der Waals surface area contributed by atoms with Crippen LogP contribution in [0.25, 0.3) is 0 Å². The van der Waals surface area contributed by atoms with E-state index < -0.39 is 0 Å². The third kappa shape index (κ3) is 7.16. The quantitative estimate of drug-likeness (QED) is 0.857. The van der Waals surface area contributed by atoms with E-state index >= 15 is 0 Å². The van der Waals surface area contributed by atoms with Gasteiger partial charge >= 0.3 is 0 Å². The molecule has 3 N–H and O–H groups in total. The molecule has 0 saturated carbocycles. The predicted molar refractivity (Wildman–Crippen MR) is 91.9 cm³/mol. The summed E-state index contributed by atoms with van der Waals surface area (Å²) in [6.07, 6.45) is 0.859. The maximum absolute atomic E-state index is 12.1. The molecule has 0 bridgehead atoms. The van der Waals surface area contributed by atoms with Crippen LogP contribution in [0.5, 0.6) is 0 Å². The first-order chi connectivity index (χ1) is 9.23. The summed E-state index contributed by atoms with van der Waals surface area (Å²) in [5.41, 5.74) is 6.74. The standard InChI is InChI=1S/C16H25ClN2O.ClH/c1-11(10-18)15(20)19-14(9-16(2,3)4)12-5-7-13(17)8-6-12;/h5-8,11,14H,9-10,18H2,1-4H3,(H,19,20);1H. The van der Waals surface area contributed by atoms with Crippen molar-refractivity contribution in [2.75, 3.05) is 6.54 Å². The van der Waals surface area contributed by atoms with Crippen molar-refractivity contribution in [3.05, 3.63) is 34.9 Å². The number of amides is 1. The molecule has 0 radical (unpaired) electrons. The van der Waals surface area contributed by atoms with Crippen LogP contribution in [0, 0.1) is 11.3 Å². The van der Waals surface area contributed by atoms with Gasteiger partial charge in [-0.1, -0.05) is 51.4 Å². The molecular weight excluding hydrogens is 307 g/mol. The van der Waals surface area contributed by atoms with Crippen molar-refractivity contribution in [2.24, 2.45) is 17.1 Å². The average Bonchev–Trinajstić information content (AvgIpc) is 2.36. The molecule has 120 valence electrons. The van der Waals surface area contributed by atoms with Crippen LogP contribution in [0.1, 0.15) is 45.7 Å². The summed E-state index contributed by atoms with van der Waals surface area (Å²) in [5, 5.41) is 3.80. The van der Waals surface area contributed by atoms with Crippen molar-refractivity contribution >= 4 is 29.9 Å². The van der Waals surface area contributed by atoms with Crippen LogP contribution in [-0.2, 0) is 4.79 Å². The Labute approximate surface area is 139 Å². The number of hydrogen-bond donors (Lipinski definition) is 2. The largest absolute Gasteiger partial charge is 0.349 e. The van der Waals surface area contributed by atoms with E-state index in [1.54, 1.807) is 0 Å². The number of nitrogens with two attached hydrogens (primary N) is 1. The molecule has 0 saturated heterocycles. The van der Waals surface area contributed by atoms with Crippen LogP contribution < -0.4 is 11.1 Å². The van der Waals surface area contributed by atoms with E-state index in [1.165, 1.54) is 0 Å². The van der Waals surface area contributed by atoms with Gasteiger partial charge in [-0.05, 0) is 29.5 Å². The maximum atomic E-state index is 12.1. The molecule has 0 aromatic heterocycles. The molecule has 1 rings (SSSR count). The molecule has 2 unspecified atom stereocenters. The number of carbonyl (C=O) groups is 1. The van der Waals surface area contributed by atoms with E-state index in [9.17, 15) is 4.79 Å². The van der Waals surface area contributed by atoms with Crippen LogP contribution in [0.2, 0.25) is 5.02 Å². The summed E-state index contributed by atoms with van der Waals surface area (Å²) < 4.78 is 0. The minimum absolute atomic E-state index is 0.